The maximum absolute atomic E-state index is 12.8. The minimum absolute atomic E-state index is 0.0710. The molecule has 3 unspecified atom stereocenters. The Bertz CT molecular complexity index is 712. The number of carbonyl (C=O) groups is 1. The predicted molar refractivity (Wildman–Crippen MR) is 119 cm³/mol. The van der Waals surface area contributed by atoms with E-state index >= 15 is 0 Å². The number of ether oxygens (including phenoxy) is 2. The fraction of sp³-hybridized carbons (Fsp3) is 0.652. The number of likely N-dealkylation sites (tertiary alicyclic amines) is 1. The molecule has 0 radical (unpaired) electrons. The monoisotopic (exact) mass is 416 g/mol. The lowest BCUT2D eigenvalue weighted by Gasteiger charge is -2.35. The molecule has 3 atom stereocenters. The lowest BCUT2D eigenvalue weighted by molar-refractivity contribution is -0.0586. The Balaban J connectivity index is 1.60. The van der Waals surface area contributed by atoms with E-state index in [9.17, 15) is 4.79 Å². The van der Waals surface area contributed by atoms with Crippen LogP contribution >= 0.6 is 0 Å². The van der Waals surface area contributed by atoms with Gasteiger partial charge in [-0.1, -0.05) is 12.1 Å². The van der Waals surface area contributed by atoms with Gasteiger partial charge in [0.2, 0.25) is 0 Å². The molecular weight excluding hydrogens is 380 g/mol. The topological polar surface area (TPSA) is 66.4 Å². The second kappa shape index (κ2) is 10.8. The van der Waals surface area contributed by atoms with Gasteiger partial charge in [0.1, 0.15) is 0 Å². The molecule has 166 valence electrons. The van der Waals surface area contributed by atoms with E-state index in [2.05, 4.69) is 17.1 Å². The van der Waals surface area contributed by atoms with Crippen LogP contribution in [0.4, 0.5) is 0 Å². The van der Waals surface area contributed by atoms with Gasteiger partial charge in [-0.25, -0.2) is 4.99 Å². The van der Waals surface area contributed by atoms with E-state index in [4.69, 9.17) is 14.5 Å². The zero-order chi connectivity index (χ0) is 21.5. The SMILES string of the molecule is CCNC(=NCc1ccc(C(=O)N2CC(C)OC(C)C2)cc1)N1CCC(COC)C1. The van der Waals surface area contributed by atoms with Crippen molar-refractivity contribution >= 4 is 11.9 Å². The molecule has 2 fully saturated rings. The predicted octanol–water partition coefficient (Wildman–Crippen LogP) is 2.37. The van der Waals surface area contributed by atoms with Crippen LogP contribution in [0.2, 0.25) is 0 Å². The van der Waals surface area contributed by atoms with E-state index in [1.165, 1.54) is 0 Å². The molecule has 2 aliphatic rings. The number of hydrogen-bond acceptors (Lipinski definition) is 4. The Morgan fingerprint density at radius 3 is 2.50 bits per heavy atom. The summed E-state index contributed by atoms with van der Waals surface area (Å²) in [6, 6.07) is 7.83. The number of morpholine rings is 1. The third kappa shape index (κ3) is 5.95. The smallest absolute Gasteiger partial charge is 0.254 e. The third-order valence-electron chi connectivity index (χ3n) is 5.64. The summed E-state index contributed by atoms with van der Waals surface area (Å²) in [6.07, 6.45) is 1.28. The molecule has 0 aliphatic carbocycles. The number of nitrogens with zero attached hydrogens (tertiary/aromatic N) is 3. The van der Waals surface area contributed by atoms with Gasteiger partial charge in [0.25, 0.3) is 5.91 Å². The number of hydrogen-bond donors (Lipinski definition) is 1. The molecule has 1 aromatic carbocycles. The van der Waals surface area contributed by atoms with Crippen molar-refractivity contribution in [2.24, 2.45) is 10.9 Å². The Kier molecular flexibility index (Phi) is 8.10. The minimum Gasteiger partial charge on any atom is -0.384 e. The number of amides is 1. The van der Waals surface area contributed by atoms with Crippen molar-refractivity contribution in [3.05, 3.63) is 35.4 Å². The summed E-state index contributed by atoms with van der Waals surface area (Å²) in [4.78, 5) is 21.8. The van der Waals surface area contributed by atoms with Crippen LogP contribution in [-0.4, -0.2) is 80.3 Å². The molecule has 2 heterocycles. The van der Waals surface area contributed by atoms with Crippen molar-refractivity contribution in [2.45, 2.75) is 45.9 Å². The van der Waals surface area contributed by atoms with Gasteiger partial charge >= 0.3 is 0 Å². The summed E-state index contributed by atoms with van der Waals surface area (Å²) in [5.74, 6) is 1.59. The van der Waals surface area contributed by atoms with Crippen LogP contribution in [0.3, 0.4) is 0 Å². The van der Waals surface area contributed by atoms with Crippen LogP contribution < -0.4 is 5.32 Å². The number of aliphatic imine (C=N–C) groups is 1. The van der Waals surface area contributed by atoms with E-state index < -0.39 is 0 Å². The largest absolute Gasteiger partial charge is 0.384 e. The molecule has 7 nitrogen and oxygen atoms in total. The summed E-state index contributed by atoms with van der Waals surface area (Å²) >= 11 is 0. The average Bonchev–Trinajstić information content (AvgIpc) is 3.19. The normalized spacial score (nSPS) is 24.9. The maximum atomic E-state index is 12.8. The molecule has 7 heteroatoms. The maximum Gasteiger partial charge on any atom is 0.254 e. The Hall–Kier alpha value is -2.12. The van der Waals surface area contributed by atoms with E-state index in [1.54, 1.807) is 7.11 Å². The molecule has 0 saturated carbocycles. The Morgan fingerprint density at radius 2 is 1.87 bits per heavy atom. The highest BCUT2D eigenvalue weighted by molar-refractivity contribution is 5.94. The van der Waals surface area contributed by atoms with Crippen LogP contribution in [0.1, 0.15) is 43.1 Å². The second-order valence-electron chi connectivity index (χ2n) is 8.39. The first-order valence-corrected chi connectivity index (χ1v) is 11.1. The molecule has 1 N–H and O–H groups in total. The summed E-state index contributed by atoms with van der Waals surface area (Å²) in [5, 5.41) is 3.40. The van der Waals surface area contributed by atoms with Crippen molar-refractivity contribution in [3.8, 4) is 0 Å². The highest BCUT2D eigenvalue weighted by atomic mass is 16.5. The van der Waals surface area contributed by atoms with E-state index in [1.807, 2.05) is 43.0 Å². The van der Waals surface area contributed by atoms with Crippen LogP contribution in [0.15, 0.2) is 29.3 Å². The van der Waals surface area contributed by atoms with Gasteiger partial charge in [-0.3, -0.25) is 4.79 Å². The van der Waals surface area contributed by atoms with Crippen LogP contribution in [0, 0.1) is 5.92 Å². The molecule has 1 amide bonds. The van der Waals surface area contributed by atoms with Gasteiger partial charge in [0.05, 0.1) is 25.4 Å². The third-order valence-corrected chi connectivity index (χ3v) is 5.64. The van der Waals surface area contributed by atoms with Gasteiger partial charge in [0.15, 0.2) is 5.96 Å². The molecular formula is C23H36N4O3. The van der Waals surface area contributed by atoms with Crippen molar-refractivity contribution < 1.29 is 14.3 Å². The molecule has 0 bridgehead atoms. The van der Waals surface area contributed by atoms with Gasteiger partial charge < -0.3 is 24.6 Å². The van der Waals surface area contributed by atoms with Gasteiger partial charge in [-0.15, -0.1) is 0 Å². The lowest BCUT2D eigenvalue weighted by atomic mass is 10.1. The van der Waals surface area contributed by atoms with Gasteiger partial charge in [-0.2, -0.15) is 0 Å². The fourth-order valence-corrected chi connectivity index (χ4v) is 4.27. The van der Waals surface area contributed by atoms with Crippen LogP contribution in [-0.2, 0) is 16.0 Å². The molecule has 30 heavy (non-hydrogen) atoms. The number of guanidine groups is 1. The van der Waals surface area contributed by atoms with Crippen molar-refractivity contribution in [1.82, 2.24) is 15.1 Å². The van der Waals surface area contributed by atoms with Crippen molar-refractivity contribution in [2.75, 3.05) is 46.4 Å². The average molecular weight is 417 g/mol. The first kappa shape index (κ1) is 22.6. The quantitative estimate of drug-likeness (QED) is 0.570. The molecule has 0 aromatic heterocycles. The van der Waals surface area contributed by atoms with Crippen molar-refractivity contribution in [3.63, 3.8) is 0 Å². The van der Waals surface area contributed by atoms with Crippen LogP contribution in [0.5, 0.6) is 0 Å². The second-order valence-corrected chi connectivity index (χ2v) is 8.39. The summed E-state index contributed by atoms with van der Waals surface area (Å²) < 4.78 is 11.0. The summed E-state index contributed by atoms with van der Waals surface area (Å²) in [6.45, 7) is 11.6. The van der Waals surface area contributed by atoms with Crippen molar-refractivity contribution in [1.29, 1.82) is 0 Å². The molecule has 2 aliphatic heterocycles. The Labute approximate surface area is 180 Å². The van der Waals surface area contributed by atoms with E-state index in [-0.39, 0.29) is 18.1 Å². The number of nitrogens with one attached hydrogen (secondary N) is 1. The number of rotatable bonds is 6. The van der Waals surface area contributed by atoms with E-state index in [0.717, 1.165) is 49.7 Å². The number of benzene rings is 1. The lowest BCUT2D eigenvalue weighted by Crippen LogP contribution is -2.48. The first-order valence-electron chi connectivity index (χ1n) is 11.1. The highest BCUT2D eigenvalue weighted by Crippen LogP contribution is 2.18. The van der Waals surface area contributed by atoms with Gasteiger partial charge in [0, 0.05) is 51.3 Å². The zero-order valence-electron chi connectivity index (χ0n) is 18.8. The highest BCUT2D eigenvalue weighted by Gasteiger charge is 2.27. The minimum atomic E-state index is 0.0710. The zero-order valence-corrected chi connectivity index (χ0v) is 18.8. The van der Waals surface area contributed by atoms with E-state index in [0.29, 0.717) is 25.6 Å². The number of carbonyl (C=O) groups excluding carboxylic acids is 1. The Morgan fingerprint density at radius 1 is 1.17 bits per heavy atom. The fourth-order valence-electron chi connectivity index (χ4n) is 4.27. The molecule has 3 rings (SSSR count). The molecule has 1 aromatic rings. The molecule has 0 spiro atoms. The first-order chi connectivity index (χ1) is 14.5. The number of methoxy groups -OCH3 is 1. The summed E-state index contributed by atoms with van der Waals surface area (Å²) in [7, 11) is 1.76. The van der Waals surface area contributed by atoms with Crippen LogP contribution in [0.25, 0.3) is 0 Å². The standard InChI is InChI=1S/C23H36N4O3/c1-5-24-23(26-11-10-20(15-26)16-29-4)25-12-19-6-8-21(9-7-19)22(28)27-13-17(2)30-18(3)14-27/h6-9,17-18,20H,5,10-16H2,1-4H3,(H,24,25). The molecule has 2 saturated heterocycles. The van der Waals surface area contributed by atoms with Gasteiger partial charge in [-0.05, 0) is 44.9 Å². The summed E-state index contributed by atoms with van der Waals surface area (Å²) in [5.41, 5.74) is 1.82.